The van der Waals surface area contributed by atoms with Gasteiger partial charge in [0.2, 0.25) is 11.8 Å². The zero-order chi connectivity index (χ0) is 30.8. The first-order chi connectivity index (χ1) is 20.5. The summed E-state index contributed by atoms with van der Waals surface area (Å²) in [5.74, 6) is -2.10. The number of nitrogens with zero attached hydrogens (tertiary/aromatic N) is 1. The first-order valence-electron chi connectivity index (χ1n) is 12.5. The van der Waals surface area contributed by atoms with E-state index < -0.39 is 33.3 Å². The van der Waals surface area contributed by atoms with E-state index in [1.165, 1.54) is 11.8 Å². The van der Waals surface area contributed by atoms with Gasteiger partial charge >= 0.3 is 5.97 Å². The van der Waals surface area contributed by atoms with E-state index in [1.807, 2.05) is 36.4 Å². The fraction of sp³-hybridized carbons (Fsp3) is 0.0667. The smallest absolute Gasteiger partial charge is 0.338 e. The van der Waals surface area contributed by atoms with Gasteiger partial charge in [0, 0.05) is 21.8 Å². The molecule has 218 valence electrons. The van der Waals surface area contributed by atoms with E-state index >= 15 is 0 Å². The molecule has 43 heavy (non-hydrogen) atoms. The molecule has 5 aromatic rings. The number of aromatic nitrogens is 1. The molecule has 2 amide bonds. The minimum Gasteiger partial charge on any atom is -0.478 e. The molecule has 0 spiro atoms. The quantitative estimate of drug-likeness (QED) is 0.0852. The summed E-state index contributed by atoms with van der Waals surface area (Å²) >= 11 is 25.5. The summed E-state index contributed by atoms with van der Waals surface area (Å²) in [6.45, 7) is 1.74. The number of carbonyl (C=O) groups is 3. The molecule has 13 heteroatoms. The van der Waals surface area contributed by atoms with E-state index in [2.05, 4.69) is 15.6 Å². The van der Waals surface area contributed by atoms with Crippen LogP contribution in [0.1, 0.15) is 27.6 Å². The highest BCUT2D eigenvalue weighted by atomic mass is 35.5. The molecule has 0 bridgehead atoms. The van der Waals surface area contributed by atoms with Crippen LogP contribution in [0.15, 0.2) is 82.1 Å². The molecule has 0 radical (unpaired) electrons. The number of amides is 2. The number of benzene rings is 4. The molecule has 3 N–H and O–H groups in total. The van der Waals surface area contributed by atoms with Gasteiger partial charge in [0.25, 0.3) is 5.91 Å². The average molecular weight is 675 g/mol. The van der Waals surface area contributed by atoms with Crippen molar-refractivity contribution in [3.8, 4) is 11.5 Å². The van der Waals surface area contributed by atoms with Crippen molar-refractivity contribution in [3.05, 3.63) is 104 Å². The number of aromatic carboxylic acids is 1. The third kappa shape index (κ3) is 6.61. The second kappa shape index (κ2) is 12.9. The normalized spacial score (nSPS) is 11.7. The number of nitrogens with one attached hydrogen (secondary N) is 2. The van der Waals surface area contributed by atoms with E-state index in [1.54, 1.807) is 43.3 Å². The summed E-state index contributed by atoms with van der Waals surface area (Å²) in [4.78, 5) is 43.0. The van der Waals surface area contributed by atoms with E-state index in [9.17, 15) is 19.5 Å². The standard InChI is InChI=1S/C30H19Cl4N3O5S/c1-14(27(38)35-16-11-9-15(10-12-16)29-37-19-7-2-3-8-20(19)42-29)43-18-6-4-5-17(13-18)36-28(39)21-22(30(40)41)24(32)26(34)25(33)23(21)31/h2-14H,1H3,(H,35,38)(H,36,39)(H,40,41). The van der Waals surface area contributed by atoms with Crippen LogP contribution in [0, 0.1) is 0 Å². The van der Waals surface area contributed by atoms with Crippen LogP contribution in [0.3, 0.4) is 0 Å². The first kappa shape index (κ1) is 30.7. The van der Waals surface area contributed by atoms with Gasteiger partial charge in [-0.3, -0.25) is 9.59 Å². The molecule has 8 nitrogen and oxygen atoms in total. The molecule has 5 rings (SSSR count). The fourth-order valence-corrected chi connectivity index (χ4v) is 6.03. The minimum absolute atomic E-state index is 0.239. The number of carboxylic acids is 1. The number of rotatable bonds is 8. The highest BCUT2D eigenvalue weighted by Crippen LogP contribution is 2.42. The summed E-state index contributed by atoms with van der Waals surface area (Å²) in [6.07, 6.45) is 0. The number of hydrogen-bond acceptors (Lipinski definition) is 6. The Hall–Kier alpha value is -3.73. The molecule has 0 saturated carbocycles. The molecule has 1 unspecified atom stereocenters. The maximum Gasteiger partial charge on any atom is 0.338 e. The second-order valence-electron chi connectivity index (χ2n) is 9.11. The van der Waals surface area contributed by atoms with Crippen LogP contribution < -0.4 is 10.6 Å². The van der Waals surface area contributed by atoms with Crippen LogP contribution in [0.25, 0.3) is 22.6 Å². The molecule has 0 aliphatic rings. The lowest BCUT2D eigenvalue weighted by Crippen LogP contribution is -2.22. The number of carboxylic acid groups (broad SMARTS) is 1. The predicted octanol–water partition coefficient (Wildman–Crippen LogP) is 9.18. The molecule has 0 aliphatic heterocycles. The largest absolute Gasteiger partial charge is 0.478 e. The Morgan fingerprint density at radius 1 is 0.814 bits per heavy atom. The number of para-hydroxylation sites is 2. The molecular weight excluding hydrogens is 656 g/mol. The number of fused-ring (bicyclic) bond motifs is 1. The van der Waals surface area contributed by atoms with Crippen molar-refractivity contribution in [2.45, 2.75) is 17.1 Å². The summed E-state index contributed by atoms with van der Waals surface area (Å²) in [7, 11) is 0. The van der Waals surface area contributed by atoms with Gasteiger partial charge in [-0.25, -0.2) is 9.78 Å². The average Bonchev–Trinajstić information content (AvgIpc) is 3.42. The minimum atomic E-state index is -1.50. The molecule has 1 atom stereocenters. The maximum absolute atomic E-state index is 13.1. The Morgan fingerprint density at radius 3 is 2.16 bits per heavy atom. The van der Waals surface area contributed by atoms with E-state index in [4.69, 9.17) is 50.8 Å². The Balaban J connectivity index is 1.25. The van der Waals surface area contributed by atoms with Gasteiger partial charge in [0.05, 0.1) is 36.5 Å². The van der Waals surface area contributed by atoms with Crippen molar-refractivity contribution in [1.29, 1.82) is 0 Å². The van der Waals surface area contributed by atoms with Crippen LogP contribution in [0.5, 0.6) is 0 Å². The number of halogens is 4. The van der Waals surface area contributed by atoms with Crippen LogP contribution in [-0.4, -0.2) is 33.1 Å². The van der Waals surface area contributed by atoms with Crippen LogP contribution in [0.4, 0.5) is 11.4 Å². The van der Waals surface area contributed by atoms with E-state index in [-0.39, 0.29) is 21.0 Å². The number of oxazole rings is 1. The third-order valence-corrected chi connectivity index (χ3v) is 9.07. The number of hydrogen-bond donors (Lipinski definition) is 3. The zero-order valence-electron chi connectivity index (χ0n) is 22.0. The number of carbonyl (C=O) groups excluding carboxylic acids is 2. The number of thioether (sulfide) groups is 1. The monoisotopic (exact) mass is 673 g/mol. The molecule has 0 fully saturated rings. The van der Waals surface area contributed by atoms with Crippen molar-refractivity contribution < 1.29 is 23.9 Å². The highest BCUT2D eigenvalue weighted by Gasteiger charge is 2.29. The maximum atomic E-state index is 13.1. The molecular formula is C30H19Cl4N3O5S. The lowest BCUT2D eigenvalue weighted by Gasteiger charge is -2.15. The van der Waals surface area contributed by atoms with Gasteiger partial charge in [-0.2, -0.15) is 0 Å². The summed E-state index contributed by atoms with van der Waals surface area (Å²) in [5, 5.41) is 13.3. The summed E-state index contributed by atoms with van der Waals surface area (Å²) in [6, 6.07) is 21.3. The first-order valence-corrected chi connectivity index (χ1v) is 14.9. The fourth-order valence-electron chi connectivity index (χ4n) is 4.08. The zero-order valence-corrected chi connectivity index (χ0v) is 25.8. The van der Waals surface area contributed by atoms with Crippen molar-refractivity contribution in [3.63, 3.8) is 0 Å². The van der Waals surface area contributed by atoms with Crippen LogP contribution in [0.2, 0.25) is 20.1 Å². The Kier molecular flexibility index (Phi) is 9.19. The van der Waals surface area contributed by atoms with Crippen molar-refractivity contribution in [2.75, 3.05) is 10.6 Å². The molecule has 1 heterocycles. The van der Waals surface area contributed by atoms with E-state index in [0.717, 1.165) is 11.1 Å². The summed E-state index contributed by atoms with van der Waals surface area (Å²) in [5.41, 5.74) is 2.15. The van der Waals surface area contributed by atoms with Crippen molar-refractivity contribution in [1.82, 2.24) is 4.98 Å². The van der Waals surface area contributed by atoms with Gasteiger partial charge < -0.3 is 20.2 Å². The molecule has 0 aliphatic carbocycles. The molecule has 1 aromatic heterocycles. The SMILES string of the molecule is CC(Sc1cccc(NC(=O)c2c(Cl)c(Cl)c(Cl)c(Cl)c2C(=O)O)c1)C(=O)Nc1ccc(-c2nc3ccccc3o2)cc1. The van der Waals surface area contributed by atoms with Gasteiger partial charge in [0.1, 0.15) is 5.52 Å². The van der Waals surface area contributed by atoms with Crippen molar-refractivity contribution >= 4 is 98.4 Å². The predicted molar refractivity (Wildman–Crippen MR) is 171 cm³/mol. The second-order valence-corrected chi connectivity index (χ2v) is 12.0. The lowest BCUT2D eigenvalue weighted by atomic mass is 10.1. The topological polar surface area (TPSA) is 122 Å². The van der Waals surface area contributed by atoms with Gasteiger partial charge in [0.15, 0.2) is 5.58 Å². The van der Waals surface area contributed by atoms with E-state index in [0.29, 0.717) is 27.7 Å². The Labute approximate surface area is 269 Å². The molecule has 4 aromatic carbocycles. The molecule has 0 saturated heterocycles. The number of anilines is 2. The van der Waals surface area contributed by atoms with Gasteiger partial charge in [-0.05, 0) is 61.5 Å². The lowest BCUT2D eigenvalue weighted by molar-refractivity contribution is -0.115. The Bertz CT molecular complexity index is 1860. The Morgan fingerprint density at radius 2 is 1.49 bits per heavy atom. The van der Waals surface area contributed by atoms with Crippen LogP contribution in [-0.2, 0) is 4.79 Å². The van der Waals surface area contributed by atoms with Gasteiger partial charge in [-0.15, -0.1) is 11.8 Å². The van der Waals surface area contributed by atoms with Gasteiger partial charge in [-0.1, -0.05) is 64.6 Å². The third-order valence-electron chi connectivity index (χ3n) is 6.18. The summed E-state index contributed by atoms with van der Waals surface area (Å²) < 4.78 is 5.80. The highest BCUT2D eigenvalue weighted by molar-refractivity contribution is 8.00. The van der Waals surface area contributed by atoms with Crippen molar-refractivity contribution in [2.24, 2.45) is 0 Å². The van der Waals surface area contributed by atoms with Crippen LogP contribution >= 0.6 is 58.2 Å².